The Morgan fingerprint density at radius 1 is 1.33 bits per heavy atom. The van der Waals surface area contributed by atoms with Crippen LogP contribution < -0.4 is 10.1 Å². The van der Waals surface area contributed by atoms with Crippen LogP contribution in [-0.4, -0.2) is 47.1 Å². The number of ether oxygens (including phenoxy) is 2. The third-order valence-electron chi connectivity index (χ3n) is 6.35. The number of para-hydroxylation sites is 1. The number of fused-ring (bicyclic) bond motifs is 3. The van der Waals surface area contributed by atoms with Gasteiger partial charge in [0.1, 0.15) is 23.6 Å². The van der Waals surface area contributed by atoms with E-state index in [-0.39, 0.29) is 35.3 Å². The van der Waals surface area contributed by atoms with Gasteiger partial charge in [-0.25, -0.2) is 4.39 Å². The molecule has 0 bridgehead atoms. The van der Waals surface area contributed by atoms with Crippen LogP contribution >= 0.6 is 11.6 Å². The largest absolute Gasteiger partial charge is 0.488 e. The number of benzene rings is 2. The van der Waals surface area contributed by atoms with Crippen molar-refractivity contribution in [3.05, 3.63) is 63.9 Å². The summed E-state index contributed by atoms with van der Waals surface area (Å²) in [7, 11) is 0. The Kier molecular flexibility index (Phi) is 6.69. The van der Waals surface area contributed by atoms with Gasteiger partial charge in [-0.3, -0.25) is 4.79 Å². The summed E-state index contributed by atoms with van der Waals surface area (Å²) in [5, 5.41) is 23.1. The lowest BCUT2D eigenvalue weighted by atomic mass is 9.94. The molecule has 1 aliphatic carbocycles. The van der Waals surface area contributed by atoms with E-state index in [4.69, 9.17) is 21.1 Å². The maximum Gasteiger partial charge on any atom is 0.311 e. The molecule has 33 heavy (non-hydrogen) atoms. The average molecular weight is 478 g/mol. The Morgan fingerprint density at radius 2 is 2.09 bits per heavy atom. The van der Waals surface area contributed by atoms with Crippen molar-refractivity contribution in [2.45, 2.75) is 57.0 Å². The van der Waals surface area contributed by atoms with Crippen molar-refractivity contribution in [3.63, 3.8) is 0 Å². The third kappa shape index (κ3) is 5.17. The highest BCUT2D eigenvalue weighted by Gasteiger charge is 2.63. The van der Waals surface area contributed by atoms with Gasteiger partial charge < -0.3 is 25.0 Å². The minimum Gasteiger partial charge on any atom is -0.488 e. The summed E-state index contributed by atoms with van der Waals surface area (Å²) in [5.74, 6) is -1.12. The molecule has 0 radical (unpaired) electrons. The Labute approximate surface area is 197 Å². The lowest BCUT2D eigenvalue weighted by Gasteiger charge is -2.28. The molecule has 1 saturated carbocycles. The van der Waals surface area contributed by atoms with Crippen molar-refractivity contribution in [2.75, 3.05) is 13.2 Å². The van der Waals surface area contributed by atoms with Crippen LogP contribution in [0, 0.1) is 11.7 Å². The topological polar surface area (TPSA) is 88.0 Å². The predicted octanol–water partition coefficient (Wildman–Crippen LogP) is 4.09. The number of hydrogen-bond acceptors (Lipinski definition) is 5. The van der Waals surface area contributed by atoms with Gasteiger partial charge in [0.25, 0.3) is 0 Å². The van der Waals surface area contributed by atoms with Crippen LogP contribution in [0.3, 0.4) is 0 Å². The summed E-state index contributed by atoms with van der Waals surface area (Å²) in [6.07, 6.45) is -0.785. The van der Waals surface area contributed by atoms with Crippen molar-refractivity contribution < 1.29 is 28.9 Å². The summed E-state index contributed by atoms with van der Waals surface area (Å²) in [5.41, 5.74) is 2.22. The van der Waals surface area contributed by atoms with Gasteiger partial charge in [-0.1, -0.05) is 35.9 Å². The fourth-order valence-corrected chi connectivity index (χ4v) is 4.66. The number of rotatable bonds is 10. The number of aliphatic hydroxyl groups excluding tert-OH is 1. The molecule has 0 amide bonds. The molecule has 8 heteroatoms. The van der Waals surface area contributed by atoms with E-state index >= 15 is 0 Å². The minimum atomic E-state index is -0.829. The van der Waals surface area contributed by atoms with Gasteiger partial charge in [0.15, 0.2) is 0 Å². The van der Waals surface area contributed by atoms with Crippen LogP contribution in [0.15, 0.2) is 36.4 Å². The first kappa shape index (κ1) is 24.0. The highest BCUT2D eigenvalue weighted by molar-refractivity contribution is 6.30. The average Bonchev–Trinajstić information content (AvgIpc) is 3.35. The zero-order valence-corrected chi connectivity index (χ0v) is 19.6. The van der Waals surface area contributed by atoms with Gasteiger partial charge in [0.2, 0.25) is 0 Å². The number of carbonyl (C=O) groups is 1. The number of β-amino-alcohol motifs (C(OH)–C–C–N with tert-alkyl or cyclic N) is 1. The number of aliphatic hydroxyl groups is 1. The fraction of sp³-hybridized carbons (Fsp3) is 0.480. The predicted molar refractivity (Wildman–Crippen MR) is 122 cm³/mol. The number of halogens is 2. The molecule has 1 unspecified atom stereocenters. The van der Waals surface area contributed by atoms with Crippen LogP contribution in [0.2, 0.25) is 5.02 Å². The van der Waals surface area contributed by atoms with Crippen molar-refractivity contribution >= 4 is 17.6 Å². The molecule has 2 aromatic carbocycles. The molecule has 178 valence electrons. The molecular weight excluding hydrogens is 449 g/mol. The van der Waals surface area contributed by atoms with Crippen LogP contribution in [0.4, 0.5) is 4.39 Å². The second-order valence-corrected chi connectivity index (χ2v) is 9.96. The number of carboxylic acids is 1. The highest BCUT2D eigenvalue weighted by atomic mass is 35.5. The maximum absolute atomic E-state index is 13.7. The van der Waals surface area contributed by atoms with Gasteiger partial charge in [0.05, 0.1) is 23.8 Å². The van der Waals surface area contributed by atoms with E-state index in [9.17, 15) is 19.4 Å². The SMILES string of the molecule is C[C@@H](OCC(O)CNC(C)(C)Cc1ccc(Cl)c(F)c1)c1cccc2c1O[C@H]1[C@H](C(=O)O)[C@@H]21. The molecule has 4 rings (SSSR count). The maximum atomic E-state index is 13.7. The van der Waals surface area contributed by atoms with E-state index in [1.165, 1.54) is 6.07 Å². The molecular formula is C25H29ClFNO5. The number of nitrogens with one attached hydrogen (secondary N) is 1. The van der Waals surface area contributed by atoms with Crippen LogP contribution in [0.1, 0.15) is 49.5 Å². The quantitative estimate of drug-likeness (QED) is 0.478. The fourth-order valence-electron chi connectivity index (χ4n) is 4.54. The first-order chi connectivity index (χ1) is 15.6. The van der Waals surface area contributed by atoms with E-state index in [0.29, 0.717) is 18.7 Å². The molecule has 0 aromatic heterocycles. The Bertz CT molecular complexity index is 1050. The molecule has 3 N–H and O–H groups in total. The van der Waals surface area contributed by atoms with Crippen LogP contribution in [-0.2, 0) is 16.0 Å². The number of aliphatic carboxylic acids is 1. The first-order valence-corrected chi connectivity index (χ1v) is 11.5. The van der Waals surface area contributed by atoms with Crippen molar-refractivity contribution in [1.29, 1.82) is 0 Å². The summed E-state index contributed by atoms with van der Waals surface area (Å²) >= 11 is 5.75. The zero-order valence-electron chi connectivity index (χ0n) is 18.8. The summed E-state index contributed by atoms with van der Waals surface area (Å²) in [6.45, 7) is 6.28. The highest BCUT2D eigenvalue weighted by Crippen LogP contribution is 2.59. The van der Waals surface area contributed by atoms with E-state index in [1.54, 1.807) is 12.1 Å². The molecule has 0 saturated heterocycles. The summed E-state index contributed by atoms with van der Waals surface area (Å²) < 4.78 is 25.5. The van der Waals surface area contributed by atoms with Crippen LogP contribution in [0.25, 0.3) is 0 Å². The second kappa shape index (κ2) is 9.22. The number of carboxylic acid groups (broad SMARTS) is 1. The van der Waals surface area contributed by atoms with Crippen molar-refractivity contribution in [1.82, 2.24) is 5.32 Å². The monoisotopic (exact) mass is 477 g/mol. The molecule has 1 heterocycles. The van der Waals surface area contributed by atoms with E-state index in [1.807, 2.05) is 39.0 Å². The van der Waals surface area contributed by atoms with Crippen molar-refractivity contribution in [3.8, 4) is 5.75 Å². The standard InChI is InChI=1S/C25H29ClFNO5/c1-13(16-5-4-6-17-20-21(24(30)31)23(20)33-22(16)17)32-12-15(29)11-28-25(2,3)10-14-7-8-18(26)19(27)9-14/h4-9,13,15,20-21,23,28-29H,10-12H2,1-3H3,(H,30,31)/t13-,15?,20-,21-,23-/m1/s1. The molecule has 0 spiro atoms. The lowest BCUT2D eigenvalue weighted by Crippen LogP contribution is -2.46. The summed E-state index contributed by atoms with van der Waals surface area (Å²) in [6, 6.07) is 10.5. The van der Waals surface area contributed by atoms with Gasteiger partial charge >= 0.3 is 5.97 Å². The van der Waals surface area contributed by atoms with E-state index in [0.717, 1.165) is 16.7 Å². The number of hydrogen-bond donors (Lipinski definition) is 3. The normalized spacial score (nSPS) is 22.8. The Morgan fingerprint density at radius 3 is 2.79 bits per heavy atom. The molecule has 6 nitrogen and oxygen atoms in total. The molecule has 1 fully saturated rings. The lowest BCUT2D eigenvalue weighted by molar-refractivity contribution is -0.139. The van der Waals surface area contributed by atoms with Gasteiger partial charge in [-0.15, -0.1) is 0 Å². The third-order valence-corrected chi connectivity index (χ3v) is 6.66. The minimum absolute atomic E-state index is 0.0872. The first-order valence-electron chi connectivity index (χ1n) is 11.1. The zero-order chi connectivity index (χ0) is 23.9. The van der Waals surface area contributed by atoms with Gasteiger partial charge in [-0.05, 0) is 44.9 Å². The Hall–Kier alpha value is -2.19. The van der Waals surface area contributed by atoms with E-state index < -0.39 is 23.8 Å². The molecule has 2 aromatic rings. The van der Waals surface area contributed by atoms with E-state index in [2.05, 4.69) is 5.32 Å². The van der Waals surface area contributed by atoms with Crippen molar-refractivity contribution in [2.24, 2.45) is 5.92 Å². The van der Waals surface area contributed by atoms with Gasteiger partial charge in [-0.2, -0.15) is 0 Å². The molecule has 2 aliphatic rings. The molecule has 5 atom stereocenters. The second-order valence-electron chi connectivity index (χ2n) is 9.56. The van der Waals surface area contributed by atoms with Gasteiger partial charge in [0, 0.05) is 29.1 Å². The molecule has 1 aliphatic heterocycles. The summed E-state index contributed by atoms with van der Waals surface area (Å²) in [4.78, 5) is 11.3. The smallest absolute Gasteiger partial charge is 0.311 e. The van der Waals surface area contributed by atoms with Crippen LogP contribution in [0.5, 0.6) is 5.75 Å². The Balaban J connectivity index is 1.27.